The second kappa shape index (κ2) is 7.36. The van der Waals surface area contributed by atoms with Crippen LogP contribution in [0.5, 0.6) is 0 Å². The summed E-state index contributed by atoms with van der Waals surface area (Å²) < 4.78 is 0. The molecule has 1 atom stereocenters. The van der Waals surface area contributed by atoms with Crippen LogP contribution in [-0.2, 0) is 6.42 Å². The zero-order valence-electron chi connectivity index (χ0n) is 12.0. The molecule has 3 N–H and O–H groups in total. The number of thiazole rings is 1. The number of aromatic nitrogens is 1. The summed E-state index contributed by atoms with van der Waals surface area (Å²) in [5.41, 5.74) is 5.33. The SMILES string of the molecule is CCc1cnc(C(C)NC(=O)c2ccc(C#CCN)s2)s1. The quantitative estimate of drug-likeness (QED) is 0.851. The summed E-state index contributed by atoms with van der Waals surface area (Å²) in [5.74, 6) is 5.61. The van der Waals surface area contributed by atoms with Crippen molar-refractivity contribution in [2.24, 2.45) is 5.73 Å². The topological polar surface area (TPSA) is 68.0 Å². The third kappa shape index (κ3) is 4.14. The maximum Gasteiger partial charge on any atom is 0.261 e. The molecule has 0 aliphatic carbocycles. The van der Waals surface area contributed by atoms with Gasteiger partial charge in [0.05, 0.1) is 22.3 Å². The van der Waals surface area contributed by atoms with E-state index in [1.807, 2.05) is 19.2 Å². The first-order chi connectivity index (χ1) is 10.1. The first-order valence-corrected chi connectivity index (χ1v) is 8.31. The Morgan fingerprint density at radius 2 is 2.29 bits per heavy atom. The van der Waals surface area contributed by atoms with Gasteiger partial charge in [0.15, 0.2) is 0 Å². The van der Waals surface area contributed by atoms with Crippen LogP contribution in [0, 0.1) is 11.8 Å². The van der Waals surface area contributed by atoms with Crippen molar-refractivity contribution in [2.45, 2.75) is 26.3 Å². The fourth-order valence-corrected chi connectivity index (χ4v) is 3.32. The Bertz CT molecular complexity index is 678. The monoisotopic (exact) mass is 319 g/mol. The van der Waals surface area contributed by atoms with Crippen LogP contribution < -0.4 is 11.1 Å². The highest BCUT2D eigenvalue weighted by Crippen LogP contribution is 2.22. The smallest absolute Gasteiger partial charge is 0.261 e. The van der Waals surface area contributed by atoms with Crippen molar-refractivity contribution in [3.05, 3.63) is 38.0 Å². The second-order valence-corrected chi connectivity index (χ2v) is 6.61. The van der Waals surface area contributed by atoms with E-state index in [1.54, 1.807) is 17.4 Å². The molecule has 0 saturated carbocycles. The van der Waals surface area contributed by atoms with Crippen molar-refractivity contribution in [3.8, 4) is 11.8 Å². The molecule has 0 aromatic carbocycles. The molecule has 0 aliphatic heterocycles. The fourth-order valence-electron chi connectivity index (χ4n) is 1.68. The van der Waals surface area contributed by atoms with Crippen molar-refractivity contribution in [1.82, 2.24) is 10.3 Å². The molecule has 6 heteroatoms. The average Bonchev–Trinajstić information content (AvgIpc) is 3.14. The molecule has 1 unspecified atom stereocenters. The van der Waals surface area contributed by atoms with Gasteiger partial charge in [-0.05, 0) is 25.5 Å². The summed E-state index contributed by atoms with van der Waals surface area (Å²) in [5, 5.41) is 3.90. The van der Waals surface area contributed by atoms with Gasteiger partial charge < -0.3 is 11.1 Å². The third-order valence-corrected chi connectivity index (χ3v) is 5.11. The van der Waals surface area contributed by atoms with Gasteiger partial charge in [0, 0.05) is 11.1 Å². The van der Waals surface area contributed by atoms with E-state index in [2.05, 4.69) is 29.1 Å². The zero-order chi connectivity index (χ0) is 15.2. The summed E-state index contributed by atoms with van der Waals surface area (Å²) in [7, 11) is 0. The largest absolute Gasteiger partial charge is 0.342 e. The molecule has 2 rings (SSSR count). The number of nitrogens with zero attached hydrogens (tertiary/aromatic N) is 1. The molecule has 1 amide bonds. The maximum absolute atomic E-state index is 12.2. The van der Waals surface area contributed by atoms with Gasteiger partial charge in [-0.1, -0.05) is 18.8 Å². The van der Waals surface area contributed by atoms with E-state index >= 15 is 0 Å². The third-order valence-electron chi connectivity index (χ3n) is 2.78. The van der Waals surface area contributed by atoms with E-state index < -0.39 is 0 Å². The first-order valence-electron chi connectivity index (χ1n) is 6.68. The maximum atomic E-state index is 12.2. The van der Waals surface area contributed by atoms with E-state index in [4.69, 9.17) is 5.73 Å². The molecule has 2 aromatic rings. The zero-order valence-corrected chi connectivity index (χ0v) is 13.6. The minimum atomic E-state index is -0.0958. The molecule has 0 fully saturated rings. The van der Waals surface area contributed by atoms with Gasteiger partial charge in [-0.15, -0.1) is 22.7 Å². The van der Waals surface area contributed by atoms with E-state index in [0.29, 0.717) is 11.4 Å². The molecule has 21 heavy (non-hydrogen) atoms. The Balaban J connectivity index is 2.01. The molecule has 0 radical (unpaired) electrons. The van der Waals surface area contributed by atoms with Gasteiger partial charge >= 0.3 is 0 Å². The summed E-state index contributed by atoms with van der Waals surface area (Å²) in [6.07, 6.45) is 2.83. The van der Waals surface area contributed by atoms with Crippen molar-refractivity contribution < 1.29 is 4.79 Å². The van der Waals surface area contributed by atoms with E-state index in [0.717, 1.165) is 16.3 Å². The highest BCUT2D eigenvalue weighted by Gasteiger charge is 2.15. The Morgan fingerprint density at radius 3 is 2.95 bits per heavy atom. The van der Waals surface area contributed by atoms with Crippen LogP contribution in [0.3, 0.4) is 0 Å². The summed E-state index contributed by atoms with van der Waals surface area (Å²) in [6, 6.07) is 3.53. The van der Waals surface area contributed by atoms with Crippen molar-refractivity contribution >= 4 is 28.6 Å². The van der Waals surface area contributed by atoms with Gasteiger partial charge in [0.2, 0.25) is 0 Å². The van der Waals surface area contributed by atoms with Crippen molar-refractivity contribution in [2.75, 3.05) is 6.54 Å². The van der Waals surface area contributed by atoms with Crippen LogP contribution in [0.1, 0.15) is 44.3 Å². The highest BCUT2D eigenvalue weighted by atomic mass is 32.1. The molecule has 2 aromatic heterocycles. The number of nitrogens with one attached hydrogen (secondary N) is 1. The molecule has 2 heterocycles. The fraction of sp³-hybridized carbons (Fsp3) is 0.333. The lowest BCUT2D eigenvalue weighted by molar-refractivity contribution is 0.0944. The normalized spacial score (nSPS) is 11.6. The Kier molecular flexibility index (Phi) is 5.51. The van der Waals surface area contributed by atoms with Crippen LogP contribution in [0.2, 0.25) is 0 Å². The lowest BCUT2D eigenvalue weighted by atomic mass is 10.3. The number of hydrogen-bond acceptors (Lipinski definition) is 5. The number of amides is 1. The van der Waals surface area contributed by atoms with Crippen LogP contribution in [-0.4, -0.2) is 17.4 Å². The summed E-state index contributed by atoms with van der Waals surface area (Å²) in [4.78, 5) is 19.3. The number of hydrogen-bond donors (Lipinski definition) is 2. The molecule has 0 saturated heterocycles. The summed E-state index contributed by atoms with van der Waals surface area (Å²) >= 11 is 3.01. The van der Waals surface area contributed by atoms with Crippen LogP contribution in [0.15, 0.2) is 18.3 Å². The molecular weight excluding hydrogens is 302 g/mol. The molecule has 110 valence electrons. The minimum Gasteiger partial charge on any atom is -0.342 e. The van der Waals surface area contributed by atoms with Crippen molar-refractivity contribution in [3.63, 3.8) is 0 Å². The molecule has 4 nitrogen and oxygen atoms in total. The molecule has 0 aliphatic rings. The van der Waals surface area contributed by atoms with Crippen LogP contribution in [0.4, 0.5) is 0 Å². The first kappa shape index (κ1) is 15.7. The number of rotatable bonds is 4. The van der Waals surface area contributed by atoms with Crippen LogP contribution in [0.25, 0.3) is 0 Å². The lowest BCUT2D eigenvalue weighted by Crippen LogP contribution is -2.25. The van der Waals surface area contributed by atoms with Crippen molar-refractivity contribution in [1.29, 1.82) is 0 Å². The summed E-state index contributed by atoms with van der Waals surface area (Å²) in [6.45, 7) is 4.36. The van der Waals surface area contributed by atoms with Gasteiger partial charge in [0.1, 0.15) is 5.01 Å². The van der Waals surface area contributed by atoms with Gasteiger partial charge in [-0.3, -0.25) is 4.79 Å². The molecule has 0 bridgehead atoms. The van der Waals surface area contributed by atoms with E-state index in [1.165, 1.54) is 16.2 Å². The predicted molar refractivity (Wildman–Crippen MR) is 87.6 cm³/mol. The van der Waals surface area contributed by atoms with Gasteiger partial charge in [-0.2, -0.15) is 0 Å². The Labute approximate surface area is 132 Å². The Hall–Kier alpha value is -1.68. The number of aryl methyl sites for hydroxylation is 1. The van der Waals surface area contributed by atoms with Gasteiger partial charge in [-0.25, -0.2) is 4.98 Å². The lowest BCUT2D eigenvalue weighted by Gasteiger charge is -2.09. The number of carbonyl (C=O) groups is 1. The van der Waals surface area contributed by atoms with E-state index in [9.17, 15) is 4.79 Å². The minimum absolute atomic E-state index is 0.0940. The van der Waals surface area contributed by atoms with E-state index in [-0.39, 0.29) is 11.9 Å². The van der Waals surface area contributed by atoms with Gasteiger partial charge in [0.25, 0.3) is 5.91 Å². The predicted octanol–water partition coefficient (Wildman–Crippen LogP) is 2.57. The average molecular weight is 319 g/mol. The standard InChI is InChI=1S/C15H17N3OS2/c1-3-11-9-17-15(21-11)10(2)18-14(19)13-7-6-12(20-13)5-4-8-16/h6-7,9-10H,3,8,16H2,1-2H3,(H,18,19). The number of nitrogens with two attached hydrogens (primary N) is 1. The highest BCUT2D eigenvalue weighted by molar-refractivity contribution is 7.14. The second-order valence-electron chi connectivity index (χ2n) is 4.38. The Morgan fingerprint density at radius 1 is 1.48 bits per heavy atom. The molecule has 0 spiro atoms. The number of carbonyl (C=O) groups excluding carboxylic acids is 1. The van der Waals surface area contributed by atoms with Crippen LogP contribution >= 0.6 is 22.7 Å². The molecular formula is C15H17N3OS2. The number of thiophene rings is 1.